The van der Waals surface area contributed by atoms with Crippen LogP contribution in [0.1, 0.15) is 40.0 Å². The second-order valence-corrected chi connectivity index (χ2v) is 8.63. The van der Waals surface area contributed by atoms with E-state index in [1.807, 2.05) is 13.8 Å². The van der Waals surface area contributed by atoms with Gasteiger partial charge in [0, 0.05) is 16.9 Å². The third kappa shape index (κ3) is 2.24. The van der Waals surface area contributed by atoms with Crippen LogP contribution in [0.4, 0.5) is 0 Å². The van der Waals surface area contributed by atoms with Crippen LogP contribution in [-0.4, -0.2) is 47.1 Å². The molecule has 26 heavy (non-hydrogen) atoms. The molecule has 0 aromatic rings. The molecule has 2 saturated heterocycles. The van der Waals surface area contributed by atoms with Crippen LogP contribution >= 0.6 is 0 Å². The van der Waals surface area contributed by atoms with Crippen LogP contribution in [0.15, 0.2) is 24.3 Å². The first kappa shape index (κ1) is 17.7. The van der Waals surface area contributed by atoms with Crippen molar-refractivity contribution in [2.45, 2.75) is 70.1 Å². The quantitative estimate of drug-likeness (QED) is 0.350. The summed E-state index contributed by atoms with van der Waals surface area (Å²) in [6.45, 7) is 13.5. The zero-order valence-corrected chi connectivity index (χ0v) is 15.5. The van der Waals surface area contributed by atoms with Gasteiger partial charge >= 0.3 is 11.9 Å². The van der Waals surface area contributed by atoms with E-state index < -0.39 is 47.2 Å². The molecule has 2 heterocycles. The molecule has 0 unspecified atom stereocenters. The fourth-order valence-corrected chi connectivity index (χ4v) is 5.15. The summed E-state index contributed by atoms with van der Waals surface area (Å²) in [7, 11) is 0. The number of epoxide rings is 1. The van der Waals surface area contributed by atoms with Gasteiger partial charge in [-0.3, -0.25) is 0 Å². The predicted octanol–water partition coefficient (Wildman–Crippen LogP) is 1.91. The normalized spacial score (nSPS) is 49.9. The molecular formula is C20H26O6. The Morgan fingerprint density at radius 1 is 1.35 bits per heavy atom. The fourth-order valence-electron chi connectivity index (χ4n) is 5.15. The number of ether oxygens (including phenoxy) is 3. The molecule has 2 aliphatic heterocycles. The Bertz CT molecular complexity index is 713. The Morgan fingerprint density at radius 2 is 2.00 bits per heavy atom. The average Bonchev–Trinajstić information content (AvgIpc) is 3.07. The van der Waals surface area contributed by atoms with Gasteiger partial charge in [-0.25, -0.2) is 9.59 Å². The summed E-state index contributed by atoms with van der Waals surface area (Å²) >= 11 is 0. The Hall–Kier alpha value is -1.66. The molecule has 4 rings (SSSR count). The van der Waals surface area contributed by atoms with Gasteiger partial charge in [-0.1, -0.05) is 25.7 Å². The van der Waals surface area contributed by atoms with Crippen molar-refractivity contribution in [3.05, 3.63) is 24.3 Å². The molecule has 2 saturated carbocycles. The molecule has 0 aromatic carbocycles. The van der Waals surface area contributed by atoms with E-state index in [1.165, 1.54) is 0 Å². The molecule has 0 amide bonds. The first-order valence-electron chi connectivity index (χ1n) is 9.24. The summed E-state index contributed by atoms with van der Waals surface area (Å²) in [5, 5.41) is 10.7. The lowest BCUT2D eigenvalue weighted by Crippen LogP contribution is -2.58. The Morgan fingerprint density at radius 3 is 2.62 bits per heavy atom. The number of hydrogen-bond acceptors (Lipinski definition) is 6. The number of fused-ring (bicyclic) bond motifs is 3. The number of rotatable bonds is 2. The van der Waals surface area contributed by atoms with E-state index in [9.17, 15) is 14.7 Å². The lowest BCUT2D eigenvalue weighted by Gasteiger charge is -2.54. The second-order valence-electron chi connectivity index (χ2n) is 8.63. The lowest BCUT2D eigenvalue weighted by atomic mass is 9.53. The summed E-state index contributed by atoms with van der Waals surface area (Å²) in [4.78, 5) is 24.8. The molecule has 1 N–H and O–H groups in total. The summed E-state index contributed by atoms with van der Waals surface area (Å²) < 4.78 is 16.8. The van der Waals surface area contributed by atoms with Crippen molar-refractivity contribution in [1.82, 2.24) is 0 Å². The van der Waals surface area contributed by atoms with E-state index in [4.69, 9.17) is 14.2 Å². The molecule has 0 bridgehead atoms. The van der Waals surface area contributed by atoms with Crippen LogP contribution in [0, 0.1) is 17.3 Å². The van der Waals surface area contributed by atoms with E-state index in [2.05, 4.69) is 13.2 Å². The van der Waals surface area contributed by atoms with Gasteiger partial charge < -0.3 is 19.3 Å². The topological polar surface area (TPSA) is 85.4 Å². The Labute approximate surface area is 153 Å². The summed E-state index contributed by atoms with van der Waals surface area (Å²) in [6.07, 6.45) is -0.105. The lowest BCUT2D eigenvalue weighted by molar-refractivity contribution is -0.181. The highest BCUT2D eigenvalue weighted by molar-refractivity contribution is 5.91. The van der Waals surface area contributed by atoms with Crippen LogP contribution in [0.25, 0.3) is 0 Å². The van der Waals surface area contributed by atoms with E-state index >= 15 is 0 Å². The number of carbonyl (C=O) groups is 2. The second kappa shape index (κ2) is 5.42. The zero-order chi connectivity index (χ0) is 19.0. The standard InChI is InChI=1S/C20H26O6/c1-9-6-7-13(21)19(4)8-12(24-18(23)20(5)11(3)26-20)14-10(2)17(22)25-16(14)15(9)19/h11-16,21H,1-2,6-8H2,3-5H3/t11-,12+,13+,14-,15+,16-,19-,20-/m0/s1. The van der Waals surface area contributed by atoms with Crippen LogP contribution in [-0.2, 0) is 23.8 Å². The number of hydrogen-bond donors (Lipinski definition) is 1. The van der Waals surface area contributed by atoms with Crippen molar-refractivity contribution in [2.24, 2.45) is 17.3 Å². The van der Waals surface area contributed by atoms with Crippen LogP contribution in [0.2, 0.25) is 0 Å². The van der Waals surface area contributed by atoms with Crippen molar-refractivity contribution in [2.75, 3.05) is 0 Å². The maximum Gasteiger partial charge on any atom is 0.341 e. The van der Waals surface area contributed by atoms with E-state index in [-0.39, 0.29) is 12.0 Å². The Balaban J connectivity index is 1.68. The smallest absolute Gasteiger partial charge is 0.341 e. The Kier molecular flexibility index (Phi) is 3.70. The predicted molar refractivity (Wildman–Crippen MR) is 91.9 cm³/mol. The van der Waals surface area contributed by atoms with Gasteiger partial charge in [-0.2, -0.15) is 0 Å². The van der Waals surface area contributed by atoms with Crippen LogP contribution in [0.5, 0.6) is 0 Å². The maximum absolute atomic E-state index is 12.6. The summed E-state index contributed by atoms with van der Waals surface area (Å²) in [6, 6.07) is 0. The van der Waals surface area contributed by atoms with E-state index in [0.717, 1.165) is 5.57 Å². The van der Waals surface area contributed by atoms with Gasteiger partial charge in [-0.15, -0.1) is 0 Å². The van der Waals surface area contributed by atoms with Crippen LogP contribution in [0.3, 0.4) is 0 Å². The van der Waals surface area contributed by atoms with Crippen molar-refractivity contribution in [3.63, 3.8) is 0 Å². The first-order chi connectivity index (χ1) is 12.1. The van der Waals surface area contributed by atoms with Gasteiger partial charge in [0.2, 0.25) is 0 Å². The molecule has 0 spiro atoms. The molecule has 4 aliphatic rings. The number of aliphatic hydroxyl groups excluding tert-OH is 1. The minimum absolute atomic E-state index is 0.166. The minimum Gasteiger partial charge on any atom is -0.459 e. The number of carbonyl (C=O) groups excluding carboxylic acids is 2. The minimum atomic E-state index is -0.938. The number of aliphatic hydroxyl groups is 1. The summed E-state index contributed by atoms with van der Waals surface area (Å²) in [5.41, 5.74) is -0.195. The van der Waals surface area contributed by atoms with Crippen LogP contribution < -0.4 is 0 Å². The van der Waals surface area contributed by atoms with Gasteiger partial charge in [0.1, 0.15) is 12.2 Å². The molecular weight excluding hydrogens is 336 g/mol. The highest BCUT2D eigenvalue weighted by Crippen LogP contribution is 2.58. The molecule has 0 radical (unpaired) electrons. The number of esters is 2. The molecule has 0 aromatic heterocycles. The highest BCUT2D eigenvalue weighted by Gasteiger charge is 2.64. The van der Waals surface area contributed by atoms with Crippen molar-refractivity contribution < 1.29 is 28.9 Å². The fraction of sp³-hybridized carbons (Fsp3) is 0.700. The van der Waals surface area contributed by atoms with Gasteiger partial charge in [0.05, 0.1) is 18.1 Å². The third-order valence-electron chi connectivity index (χ3n) is 7.09. The first-order valence-corrected chi connectivity index (χ1v) is 9.24. The maximum atomic E-state index is 12.6. The van der Waals surface area contributed by atoms with Gasteiger partial charge in [-0.05, 0) is 33.1 Å². The SMILES string of the molecule is C=C1C(=O)O[C@H]2[C@@H]1[C@H](OC(=O)[C@@]1(C)O[C@H]1C)C[C@@]1(C)[C@H](O)CCC(=C)[C@H]21. The largest absolute Gasteiger partial charge is 0.459 e. The zero-order valence-electron chi connectivity index (χ0n) is 15.5. The molecule has 6 heteroatoms. The van der Waals surface area contributed by atoms with Gasteiger partial charge in [0.25, 0.3) is 0 Å². The average molecular weight is 362 g/mol. The molecule has 142 valence electrons. The monoisotopic (exact) mass is 362 g/mol. The molecule has 8 atom stereocenters. The highest BCUT2D eigenvalue weighted by atomic mass is 16.7. The molecule has 6 nitrogen and oxygen atoms in total. The van der Waals surface area contributed by atoms with Crippen molar-refractivity contribution >= 4 is 11.9 Å². The van der Waals surface area contributed by atoms with Crippen molar-refractivity contribution in [3.8, 4) is 0 Å². The third-order valence-corrected chi connectivity index (χ3v) is 7.09. The van der Waals surface area contributed by atoms with Crippen molar-refractivity contribution in [1.29, 1.82) is 0 Å². The molecule has 2 aliphatic carbocycles. The molecule has 4 fully saturated rings. The van der Waals surface area contributed by atoms with E-state index in [0.29, 0.717) is 24.8 Å². The van der Waals surface area contributed by atoms with E-state index in [1.54, 1.807) is 6.92 Å². The summed E-state index contributed by atoms with van der Waals surface area (Å²) in [5.74, 6) is -1.47. The van der Waals surface area contributed by atoms with Gasteiger partial charge in [0.15, 0.2) is 5.60 Å².